The number of halogens is 2. The van der Waals surface area contributed by atoms with Gasteiger partial charge in [0.15, 0.2) is 0 Å². The minimum absolute atomic E-state index is 0.260. The predicted molar refractivity (Wildman–Crippen MR) is 103 cm³/mol. The van der Waals surface area contributed by atoms with Gasteiger partial charge in [0, 0.05) is 28.0 Å². The number of aromatic nitrogens is 1. The van der Waals surface area contributed by atoms with Gasteiger partial charge in [-0.25, -0.2) is 0 Å². The van der Waals surface area contributed by atoms with Gasteiger partial charge in [0.25, 0.3) is 5.91 Å². The van der Waals surface area contributed by atoms with Gasteiger partial charge in [0.05, 0.1) is 10.7 Å². The number of amides is 1. The van der Waals surface area contributed by atoms with Gasteiger partial charge in [0.1, 0.15) is 5.82 Å². The van der Waals surface area contributed by atoms with Crippen molar-refractivity contribution < 1.29 is 9.90 Å². The first kappa shape index (κ1) is 17.0. The maximum absolute atomic E-state index is 12.7. The third-order valence-electron chi connectivity index (χ3n) is 4.64. The molecule has 0 saturated heterocycles. The molecule has 4 rings (SSSR count). The van der Waals surface area contributed by atoms with Crippen molar-refractivity contribution in [3.63, 3.8) is 0 Å². The number of nitrogens with one attached hydrogen (secondary N) is 1. The molecule has 0 radical (unpaired) electrons. The zero-order chi connectivity index (χ0) is 18.6. The molecular formula is C19H15Cl2N3O2. The number of carbonyl (C=O) groups excluding carboxylic acids is 1. The molecule has 0 aliphatic carbocycles. The Bertz CT molecular complexity index is 1050. The summed E-state index contributed by atoms with van der Waals surface area (Å²) in [6, 6.07) is 12.5. The van der Waals surface area contributed by atoms with E-state index in [0.717, 1.165) is 5.69 Å². The van der Waals surface area contributed by atoms with Gasteiger partial charge < -0.3 is 20.7 Å². The molecule has 1 unspecified atom stereocenters. The number of hydrogen-bond acceptors (Lipinski definition) is 3. The fraction of sp³-hybridized carbons (Fsp3) is 0.105. The number of nitrogen functional groups attached to an aromatic ring is 1. The van der Waals surface area contributed by atoms with Gasteiger partial charge in [-0.3, -0.25) is 4.79 Å². The number of nitrogens with zero attached hydrogens (tertiary/aromatic N) is 1. The molecule has 1 amide bonds. The van der Waals surface area contributed by atoms with Gasteiger partial charge in [-0.1, -0.05) is 41.4 Å². The number of para-hydroxylation sites is 1. The highest BCUT2D eigenvalue weighted by Gasteiger charge is 2.50. The van der Waals surface area contributed by atoms with E-state index in [2.05, 4.69) is 5.32 Å². The first-order chi connectivity index (χ1) is 12.3. The zero-order valence-electron chi connectivity index (χ0n) is 13.8. The molecule has 1 atom stereocenters. The summed E-state index contributed by atoms with van der Waals surface area (Å²) >= 11 is 12.3. The van der Waals surface area contributed by atoms with Crippen LogP contribution in [0.15, 0.2) is 48.7 Å². The van der Waals surface area contributed by atoms with E-state index in [1.54, 1.807) is 17.7 Å². The lowest BCUT2D eigenvalue weighted by Crippen LogP contribution is -2.36. The summed E-state index contributed by atoms with van der Waals surface area (Å²) < 4.78 is 1.74. The van der Waals surface area contributed by atoms with E-state index in [1.807, 2.05) is 30.3 Å². The maximum Gasteiger partial charge on any atom is 0.266 e. The van der Waals surface area contributed by atoms with Crippen LogP contribution in [0.4, 0.5) is 11.5 Å². The number of carbonyl (C=O) groups is 1. The second kappa shape index (κ2) is 5.77. The third-order valence-corrected chi connectivity index (χ3v) is 5.16. The van der Waals surface area contributed by atoms with Crippen LogP contribution in [0.25, 0.3) is 5.69 Å². The summed E-state index contributed by atoms with van der Waals surface area (Å²) in [6.07, 6.45) is 1.79. The highest BCUT2D eigenvalue weighted by molar-refractivity contribution is 6.38. The Balaban J connectivity index is 1.98. The number of aliphatic hydroxyl groups is 1. The Labute approximate surface area is 160 Å². The summed E-state index contributed by atoms with van der Waals surface area (Å²) in [5.74, 6) is -0.340. The first-order valence-corrected chi connectivity index (χ1v) is 8.66. The van der Waals surface area contributed by atoms with Crippen LogP contribution in [0, 0.1) is 6.92 Å². The van der Waals surface area contributed by atoms with Crippen molar-refractivity contribution in [3.05, 3.63) is 75.4 Å². The smallest absolute Gasteiger partial charge is 0.266 e. The van der Waals surface area contributed by atoms with Crippen LogP contribution in [0.2, 0.25) is 10.0 Å². The molecule has 26 heavy (non-hydrogen) atoms. The first-order valence-electron chi connectivity index (χ1n) is 7.90. The topological polar surface area (TPSA) is 80.3 Å². The molecule has 7 heteroatoms. The highest BCUT2D eigenvalue weighted by Crippen LogP contribution is 2.48. The summed E-state index contributed by atoms with van der Waals surface area (Å²) in [6.45, 7) is 1.79. The molecule has 1 aliphatic heterocycles. The molecule has 2 heterocycles. The molecule has 0 saturated carbocycles. The molecule has 4 N–H and O–H groups in total. The molecule has 1 aromatic heterocycles. The number of anilines is 2. The quantitative estimate of drug-likeness (QED) is 0.624. The van der Waals surface area contributed by atoms with E-state index < -0.39 is 11.5 Å². The lowest BCUT2D eigenvalue weighted by molar-refractivity contribution is -0.129. The van der Waals surface area contributed by atoms with Crippen molar-refractivity contribution in [2.24, 2.45) is 0 Å². The van der Waals surface area contributed by atoms with E-state index in [9.17, 15) is 9.90 Å². The van der Waals surface area contributed by atoms with Gasteiger partial charge >= 0.3 is 0 Å². The minimum atomic E-state index is -1.97. The number of aryl methyl sites for hydroxylation is 1. The van der Waals surface area contributed by atoms with Crippen molar-refractivity contribution in [1.29, 1.82) is 0 Å². The fourth-order valence-electron chi connectivity index (χ4n) is 3.48. The predicted octanol–water partition coefficient (Wildman–Crippen LogP) is 3.86. The average molecular weight is 388 g/mol. The van der Waals surface area contributed by atoms with Crippen LogP contribution in [-0.4, -0.2) is 15.6 Å². The number of hydrogen-bond donors (Lipinski definition) is 3. The van der Waals surface area contributed by atoms with Crippen LogP contribution < -0.4 is 11.1 Å². The normalized spacial score (nSPS) is 18.7. The lowest BCUT2D eigenvalue weighted by atomic mass is 9.86. The van der Waals surface area contributed by atoms with Gasteiger partial charge in [0.2, 0.25) is 5.60 Å². The SMILES string of the molecule is Cc1cn(-c2ccccc2)c(N)c1C1(O)C(=O)Nc2c(Cl)cc(Cl)cc21. The van der Waals surface area contributed by atoms with Gasteiger partial charge in [-0.15, -0.1) is 0 Å². The van der Waals surface area contributed by atoms with Crippen LogP contribution in [0.5, 0.6) is 0 Å². The van der Waals surface area contributed by atoms with Crippen LogP contribution >= 0.6 is 23.2 Å². The largest absolute Gasteiger partial charge is 0.384 e. The minimum Gasteiger partial charge on any atom is -0.384 e. The van der Waals surface area contributed by atoms with Crippen LogP contribution in [0.1, 0.15) is 16.7 Å². The van der Waals surface area contributed by atoms with E-state index in [1.165, 1.54) is 12.1 Å². The maximum atomic E-state index is 12.7. The number of benzene rings is 2. The van der Waals surface area contributed by atoms with Crippen LogP contribution in [0.3, 0.4) is 0 Å². The molecule has 1 aliphatic rings. The van der Waals surface area contributed by atoms with E-state index in [-0.39, 0.29) is 10.8 Å². The second-order valence-corrected chi connectivity index (χ2v) is 7.10. The summed E-state index contributed by atoms with van der Waals surface area (Å²) in [5.41, 5.74) is 6.83. The van der Waals surface area contributed by atoms with Gasteiger partial charge in [-0.05, 0) is 36.8 Å². The van der Waals surface area contributed by atoms with Crippen molar-refractivity contribution in [2.45, 2.75) is 12.5 Å². The number of fused-ring (bicyclic) bond motifs is 1. The average Bonchev–Trinajstić information content (AvgIpc) is 3.04. The summed E-state index contributed by atoms with van der Waals surface area (Å²) in [5, 5.41) is 14.7. The molecule has 0 bridgehead atoms. The number of nitrogens with two attached hydrogens (primary N) is 1. The Kier molecular flexibility index (Phi) is 3.77. The molecule has 132 valence electrons. The monoisotopic (exact) mass is 387 g/mol. The molecule has 0 spiro atoms. The van der Waals surface area contributed by atoms with Crippen molar-refractivity contribution in [2.75, 3.05) is 11.1 Å². The number of rotatable bonds is 2. The standard InChI is InChI=1S/C19H15Cl2N3O2/c1-10-9-24(12-5-3-2-4-6-12)17(22)15(10)19(26)13-7-11(20)8-14(21)16(13)23-18(19)25/h2-9,26H,22H2,1H3,(H,23,25). The van der Waals surface area contributed by atoms with Crippen molar-refractivity contribution >= 4 is 40.6 Å². The van der Waals surface area contributed by atoms with E-state index in [0.29, 0.717) is 27.4 Å². The Morgan fingerprint density at radius 2 is 1.88 bits per heavy atom. The van der Waals surface area contributed by atoms with E-state index >= 15 is 0 Å². The zero-order valence-corrected chi connectivity index (χ0v) is 15.3. The summed E-state index contributed by atoms with van der Waals surface area (Å²) in [4.78, 5) is 12.7. The third kappa shape index (κ3) is 2.25. The fourth-order valence-corrected chi connectivity index (χ4v) is 4.02. The summed E-state index contributed by atoms with van der Waals surface area (Å²) in [7, 11) is 0. The molecule has 3 aromatic rings. The Hall–Kier alpha value is -2.47. The highest BCUT2D eigenvalue weighted by atomic mass is 35.5. The van der Waals surface area contributed by atoms with Gasteiger partial charge in [-0.2, -0.15) is 0 Å². The van der Waals surface area contributed by atoms with E-state index in [4.69, 9.17) is 28.9 Å². The van der Waals surface area contributed by atoms with Crippen molar-refractivity contribution in [1.82, 2.24) is 4.57 Å². The molecular weight excluding hydrogens is 373 g/mol. The molecule has 2 aromatic carbocycles. The molecule has 5 nitrogen and oxygen atoms in total. The van der Waals surface area contributed by atoms with Crippen molar-refractivity contribution in [3.8, 4) is 5.69 Å². The Morgan fingerprint density at radius 1 is 1.19 bits per heavy atom. The second-order valence-electron chi connectivity index (χ2n) is 6.25. The molecule has 0 fully saturated rings. The Morgan fingerprint density at radius 3 is 2.58 bits per heavy atom. The van der Waals surface area contributed by atoms with Crippen LogP contribution in [-0.2, 0) is 10.4 Å². The lowest BCUT2D eigenvalue weighted by Gasteiger charge is -2.22.